The molecule has 0 fully saturated rings. The molecule has 3 rings (SSSR count). The van der Waals surface area contributed by atoms with Crippen molar-refractivity contribution < 1.29 is 0 Å². The Balaban J connectivity index is 2.16. The molecule has 4 heteroatoms. The Hall–Kier alpha value is -2.67. The van der Waals surface area contributed by atoms with Crippen molar-refractivity contribution in [3.8, 4) is 6.07 Å². The summed E-state index contributed by atoms with van der Waals surface area (Å²) in [4.78, 5) is 3.17. The summed E-state index contributed by atoms with van der Waals surface area (Å²) in [7, 11) is 0. The lowest BCUT2D eigenvalue weighted by Crippen LogP contribution is -2.01. The van der Waals surface area contributed by atoms with E-state index in [4.69, 9.17) is 0 Å². The maximum atomic E-state index is 9.38. The number of rotatable bonds is 2. The van der Waals surface area contributed by atoms with Gasteiger partial charge in [0.05, 0.1) is 11.8 Å². The molecule has 0 aliphatic carbocycles. The highest BCUT2D eigenvalue weighted by atomic mass is 15.1. The molecule has 86 valence electrons. The van der Waals surface area contributed by atoms with Crippen LogP contribution in [0.5, 0.6) is 0 Å². The summed E-state index contributed by atoms with van der Waals surface area (Å²) >= 11 is 0. The molecule has 0 aliphatic heterocycles. The maximum Gasteiger partial charge on any atom is 0.117 e. The van der Waals surface area contributed by atoms with Gasteiger partial charge in [0.25, 0.3) is 0 Å². The first-order valence-corrected chi connectivity index (χ1v) is 5.63. The highest BCUT2D eigenvalue weighted by molar-refractivity contribution is 5.84. The van der Waals surface area contributed by atoms with Crippen molar-refractivity contribution in [3.05, 3.63) is 60.0 Å². The van der Waals surface area contributed by atoms with Crippen LogP contribution in [0, 0.1) is 11.3 Å². The van der Waals surface area contributed by atoms with Crippen LogP contribution in [0.3, 0.4) is 0 Å². The number of H-pyrrole nitrogens is 1. The molecule has 0 saturated carbocycles. The molecule has 3 aromatic rings. The van der Waals surface area contributed by atoms with Crippen molar-refractivity contribution in [1.29, 1.82) is 5.26 Å². The van der Waals surface area contributed by atoms with Crippen LogP contribution in [0.2, 0.25) is 0 Å². The molecule has 18 heavy (non-hydrogen) atoms. The summed E-state index contributed by atoms with van der Waals surface area (Å²) in [6.45, 7) is 0. The number of benzene rings is 1. The van der Waals surface area contributed by atoms with Crippen LogP contribution in [0.15, 0.2) is 48.8 Å². The summed E-state index contributed by atoms with van der Waals surface area (Å²) in [6.07, 6.45) is 3.47. The minimum Gasteiger partial charge on any atom is -0.361 e. The van der Waals surface area contributed by atoms with E-state index in [1.54, 1.807) is 12.3 Å². The average Bonchev–Trinajstić information content (AvgIpc) is 2.85. The van der Waals surface area contributed by atoms with Gasteiger partial charge in [-0.1, -0.05) is 18.2 Å². The molecule has 0 bridgehead atoms. The van der Waals surface area contributed by atoms with Crippen LogP contribution in [0.1, 0.15) is 17.2 Å². The Morgan fingerprint density at radius 1 is 1.17 bits per heavy atom. The van der Waals surface area contributed by atoms with Crippen molar-refractivity contribution in [2.24, 2.45) is 0 Å². The monoisotopic (exact) mass is 234 g/mol. The van der Waals surface area contributed by atoms with Gasteiger partial charge in [-0.2, -0.15) is 15.5 Å². The van der Waals surface area contributed by atoms with Crippen LogP contribution < -0.4 is 0 Å². The third-order valence-electron chi connectivity index (χ3n) is 2.95. The first-order chi connectivity index (χ1) is 8.90. The van der Waals surface area contributed by atoms with Crippen molar-refractivity contribution in [2.45, 2.75) is 5.92 Å². The topological polar surface area (TPSA) is 65.4 Å². The van der Waals surface area contributed by atoms with Gasteiger partial charge in [0.15, 0.2) is 0 Å². The maximum absolute atomic E-state index is 9.38. The number of nitrogens with zero attached hydrogens (tertiary/aromatic N) is 3. The zero-order valence-corrected chi connectivity index (χ0v) is 9.54. The number of hydrogen-bond acceptors (Lipinski definition) is 3. The second-order valence-electron chi connectivity index (χ2n) is 4.00. The SMILES string of the molecule is N#CC(c1cccnn1)c1c[nH]c2ccccc12. The van der Waals surface area contributed by atoms with Crippen molar-refractivity contribution >= 4 is 10.9 Å². The molecule has 0 aliphatic rings. The molecule has 2 aromatic heterocycles. The van der Waals surface area contributed by atoms with Crippen LogP contribution >= 0.6 is 0 Å². The summed E-state index contributed by atoms with van der Waals surface area (Å²) in [5, 5.41) is 18.3. The van der Waals surface area contributed by atoms with Gasteiger partial charge in [-0.15, -0.1) is 0 Å². The molecule has 1 unspecified atom stereocenters. The number of para-hydroxylation sites is 1. The zero-order chi connectivity index (χ0) is 12.4. The summed E-state index contributed by atoms with van der Waals surface area (Å²) in [5.41, 5.74) is 2.63. The van der Waals surface area contributed by atoms with Gasteiger partial charge < -0.3 is 4.98 Å². The van der Waals surface area contributed by atoms with E-state index < -0.39 is 5.92 Å². The van der Waals surface area contributed by atoms with Crippen LogP contribution in [0.4, 0.5) is 0 Å². The van der Waals surface area contributed by atoms with E-state index in [9.17, 15) is 5.26 Å². The van der Waals surface area contributed by atoms with Gasteiger partial charge in [0, 0.05) is 28.9 Å². The second kappa shape index (κ2) is 4.30. The molecular weight excluding hydrogens is 224 g/mol. The third kappa shape index (κ3) is 1.62. The van der Waals surface area contributed by atoms with E-state index in [2.05, 4.69) is 21.3 Å². The van der Waals surface area contributed by atoms with E-state index in [0.717, 1.165) is 16.5 Å². The number of fused-ring (bicyclic) bond motifs is 1. The lowest BCUT2D eigenvalue weighted by molar-refractivity contribution is 0.889. The molecule has 0 spiro atoms. The smallest absolute Gasteiger partial charge is 0.117 e. The quantitative estimate of drug-likeness (QED) is 0.741. The van der Waals surface area contributed by atoms with E-state index in [-0.39, 0.29) is 0 Å². The minimum absolute atomic E-state index is 0.394. The standard InChI is InChI=1S/C14H10N4/c15-8-11(14-6-3-7-17-18-14)12-9-16-13-5-2-1-4-10(12)13/h1-7,9,11,16H. The first kappa shape index (κ1) is 10.5. The number of nitrogens with one attached hydrogen (secondary N) is 1. The Bertz CT molecular complexity index is 709. The predicted octanol–water partition coefficient (Wildman–Crippen LogP) is 2.61. The Kier molecular flexibility index (Phi) is 2.50. The van der Waals surface area contributed by atoms with Gasteiger partial charge in [-0.25, -0.2) is 0 Å². The molecule has 4 nitrogen and oxygen atoms in total. The van der Waals surface area contributed by atoms with Crippen LogP contribution in [-0.4, -0.2) is 15.2 Å². The second-order valence-corrected chi connectivity index (χ2v) is 4.00. The third-order valence-corrected chi connectivity index (χ3v) is 2.95. The highest BCUT2D eigenvalue weighted by Gasteiger charge is 2.18. The lowest BCUT2D eigenvalue weighted by atomic mass is 9.96. The van der Waals surface area contributed by atoms with Gasteiger partial charge in [-0.3, -0.25) is 0 Å². The molecule has 0 amide bonds. The Labute approximate surface area is 104 Å². The van der Waals surface area contributed by atoms with Crippen LogP contribution in [-0.2, 0) is 0 Å². The zero-order valence-electron chi connectivity index (χ0n) is 9.54. The molecular formula is C14H10N4. The molecule has 0 radical (unpaired) electrons. The largest absolute Gasteiger partial charge is 0.361 e. The lowest BCUT2D eigenvalue weighted by Gasteiger charge is -2.06. The fraction of sp³-hybridized carbons (Fsp3) is 0.0714. The Morgan fingerprint density at radius 2 is 2.06 bits per heavy atom. The number of aromatic nitrogens is 3. The van der Waals surface area contributed by atoms with E-state index in [1.165, 1.54) is 0 Å². The molecule has 2 heterocycles. The summed E-state index contributed by atoms with van der Waals surface area (Å²) in [5.74, 6) is -0.394. The van der Waals surface area contributed by atoms with E-state index >= 15 is 0 Å². The minimum atomic E-state index is -0.394. The molecule has 1 N–H and O–H groups in total. The molecule has 0 saturated heterocycles. The average molecular weight is 234 g/mol. The highest BCUT2D eigenvalue weighted by Crippen LogP contribution is 2.28. The molecule has 1 aromatic carbocycles. The number of aromatic amines is 1. The Morgan fingerprint density at radius 3 is 2.83 bits per heavy atom. The normalized spacial score (nSPS) is 12.2. The fourth-order valence-electron chi connectivity index (χ4n) is 2.10. The number of nitriles is 1. The molecule has 1 atom stereocenters. The van der Waals surface area contributed by atoms with Crippen molar-refractivity contribution in [3.63, 3.8) is 0 Å². The predicted molar refractivity (Wildman–Crippen MR) is 67.8 cm³/mol. The van der Waals surface area contributed by atoms with Gasteiger partial charge >= 0.3 is 0 Å². The van der Waals surface area contributed by atoms with E-state index in [0.29, 0.717) is 5.69 Å². The number of hydrogen-bond donors (Lipinski definition) is 1. The first-order valence-electron chi connectivity index (χ1n) is 5.63. The summed E-state index contributed by atoms with van der Waals surface area (Å²) < 4.78 is 0. The van der Waals surface area contributed by atoms with Crippen molar-refractivity contribution in [1.82, 2.24) is 15.2 Å². The van der Waals surface area contributed by atoms with E-state index in [1.807, 2.05) is 36.5 Å². The van der Waals surface area contributed by atoms with Crippen LogP contribution in [0.25, 0.3) is 10.9 Å². The van der Waals surface area contributed by atoms with Gasteiger partial charge in [0.1, 0.15) is 5.92 Å². The summed E-state index contributed by atoms with van der Waals surface area (Å²) in [6, 6.07) is 13.8. The van der Waals surface area contributed by atoms with Gasteiger partial charge in [-0.05, 0) is 18.2 Å². The fourth-order valence-corrected chi connectivity index (χ4v) is 2.10. The van der Waals surface area contributed by atoms with Gasteiger partial charge in [0.2, 0.25) is 0 Å². The van der Waals surface area contributed by atoms with Crippen molar-refractivity contribution in [2.75, 3.05) is 0 Å².